The van der Waals surface area contributed by atoms with E-state index in [9.17, 15) is 19.7 Å². The van der Waals surface area contributed by atoms with Crippen molar-refractivity contribution >= 4 is 29.0 Å². The predicted molar refractivity (Wildman–Crippen MR) is 102 cm³/mol. The van der Waals surface area contributed by atoms with Crippen molar-refractivity contribution in [1.82, 2.24) is 9.38 Å². The second-order valence-corrected chi connectivity index (χ2v) is 6.57. The first-order chi connectivity index (χ1) is 13.4. The van der Waals surface area contributed by atoms with Crippen molar-refractivity contribution in [2.75, 3.05) is 0 Å². The number of carboxylic acid groups (broad SMARTS) is 1. The second kappa shape index (κ2) is 6.73. The predicted octanol–water partition coefficient (Wildman–Crippen LogP) is 3.18. The lowest BCUT2D eigenvalue weighted by Crippen LogP contribution is -2.25. The molecule has 0 atom stereocenters. The van der Waals surface area contributed by atoms with E-state index in [1.165, 1.54) is 34.9 Å². The molecule has 8 heteroatoms. The molecule has 8 nitrogen and oxygen atoms in total. The summed E-state index contributed by atoms with van der Waals surface area (Å²) in [5.74, 6) is -1.11. The van der Waals surface area contributed by atoms with E-state index >= 15 is 0 Å². The van der Waals surface area contributed by atoms with Gasteiger partial charge >= 0.3 is 5.97 Å². The van der Waals surface area contributed by atoms with E-state index < -0.39 is 10.9 Å². The molecule has 0 fully saturated rings. The number of carboxylic acids is 1. The van der Waals surface area contributed by atoms with Crippen LogP contribution in [0, 0.1) is 10.1 Å². The topological polar surface area (TPSA) is 115 Å². The van der Waals surface area contributed by atoms with Crippen LogP contribution < -0.4 is 5.56 Å². The Hall–Kier alpha value is -3.81. The van der Waals surface area contributed by atoms with Crippen LogP contribution in [0.2, 0.25) is 0 Å². The highest BCUT2D eigenvalue weighted by molar-refractivity contribution is 5.88. The van der Waals surface area contributed by atoms with E-state index in [1.807, 2.05) is 6.08 Å². The first kappa shape index (κ1) is 17.6. The van der Waals surface area contributed by atoms with E-state index in [4.69, 9.17) is 5.11 Å². The number of aromatic nitrogens is 2. The molecule has 0 saturated heterocycles. The Bertz CT molecular complexity index is 1210. The van der Waals surface area contributed by atoms with E-state index in [1.54, 1.807) is 12.1 Å². The van der Waals surface area contributed by atoms with E-state index in [0.717, 1.165) is 24.0 Å². The summed E-state index contributed by atoms with van der Waals surface area (Å²) in [7, 11) is 0. The smallest absolute Gasteiger partial charge is 0.337 e. The maximum atomic E-state index is 12.9. The monoisotopic (exact) mass is 377 g/mol. The van der Waals surface area contributed by atoms with Gasteiger partial charge in [0.05, 0.1) is 16.2 Å². The van der Waals surface area contributed by atoms with Gasteiger partial charge in [-0.1, -0.05) is 0 Å². The van der Waals surface area contributed by atoms with Gasteiger partial charge in [-0.15, -0.1) is 0 Å². The Kier molecular flexibility index (Phi) is 4.23. The minimum Gasteiger partial charge on any atom is -0.478 e. The Morgan fingerprint density at radius 1 is 1.18 bits per heavy atom. The molecule has 0 bridgehead atoms. The highest BCUT2D eigenvalue weighted by atomic mass is 16.6. The quantitative estimate of drug-likeness (QED) is 0.554. The average Bonchev–Trinajstić information content (AvgIpc) is 2.69. The Labute approximate surface area is 158 Å². The maximum absolute atomic E-state index is 12.9. The lowest BCUT2D eigenvalue weighted by molar-refractivity contribution is -0.384. The number of aromatic carboxylic acids is 1. The van der Waals surface area contributed by atoms with Crippen molar-refractivity contribution < 1.29 is 14.8 Å². The summed E-state index contributed by atoms with van der Waals surface area (Å²) in [5, 5.41) is 19.9. The number of hydrogen-bond acceptors (Lipinski definition) is 5. The van der Waals surface area contributed by atoms with Crippen molar-refractivity contribution in [1.29, 1.82) is 0 Å². The molecule has 4 rings (SSSR count). The van der Waals surface area contributed by atoms with E-state index in [2.05, 4.69) is 4.98 Å². The number of nitro groups is 1. The normalized spacial score (nSPS) is 14.8. The summed E-state index contributed by atoms with van der Waals surface area (Å²) >= 11 is 0. The van der Waals surface area contributed by atoms with Crippen LogP contribution in [0.1, 0.15) is 40.0 Å². The van der Waals surface area contributed by atoms with Gasteiger partial charge in [0.1, 0.15) is 5.65 Å². The zero-order chi connectivity index (χ0) is 19.8. The summed E-state index contributed by atoms with van der Waals surface area (Å²) in [4.78, 5) is 39.0. The first-order valence-electron chi connectivity index (χ1n) is 8.68. The fraction of sp³-hybridized carbons (Fsp3) is 0.150. The fourth-order valence-electron chi connectivity index (χ4n) is 3.40. The minimum atomic E-state index is -1.11. The van der Waals surface area contributed by atoms with E-state index in [0.29, 0.717) is 23.3 Å². The van der Waals surface area contributed by atoms with Crippen molar-refractivity contribution in [3.63, 3.8) is 0 Å². The third kappa shape index (κ3) is 3.05. The molecule has 0 amide bonds. The summed E-state index contributed by atoms with van der Waals surface area (Å²) in [5.41, 5.74) is 2.99. The van der Waals surface area contributed by atoms with Crippen molar-refractivity contribution in [3.05, 3.63) is 85.4 Å². The van der Waals surface area contributed by atoms with Gasteiger partial charge in [0.25, 0.3) is 11.2 Å². The number of fused-ring (bicyclic) bond motifs is 2. The maximum Gasteiger partial charge on any atom is 0.337 e. The molecule has 0 spiro atoms. The van der Waals surface area contributed by atoms with Crippen LogP contribution >= 0.6 is 0 Å². The number of nitro benzene ring substituents is 1. The molecule has 0 radical (unpaired) electrons. The van der Waals surface area contributed by atoms with Gasteiger partial charge in [-0.3, -0.25) is 19.3 Å². The zero-order valence-corrected chi connectivity index (χ0v) is 14.7. The molecule has 1 aliphatic rings. The molecule has 140 valence electrons. The number of rotatable bonds is 3. The molecule has 28 heavy (non-hydrogen) atoms. The standard InChI is InChI=1S/C20H15N3O5/c24-19-16-3-1-2-13(10-12-4-7-15(8-5-12)23(27)28)18(16)21-17-9-6-14(20(25)26)11-22(17)19/h4-11H,1-3H2,(H,25,26). The van der Waals surface area contributed by atoms with Crippen LogP contribution in [0.15, 0.2) is 47.4 Å². The van der Waals surface area contributed by atoms with Crippen LogP contribution in [-0.4, -0.2) is 25.4 Å². The second-order valence-electron chi connectivity index (χ2n) is 6.57. The molecule has 2 heterocycles. The number of nitrogens with zero attached hydrogens (tertiary/aromatic N) is 3. The highest BCUT2D eigenvalue weighted by Crippen LogP contribution is 2.30. The third-order valence-corrected chi connectivity index (χ3v) is 4.78. The SMILES string of the molecule is O=C(O)c1ccc2nc3c(c(=O)n2c1)CCCC3=Cc1ccc([N+](=O)[O-])cc1. The molecular weight excluding hydrogens is 362 g/mol. The van der Waals surface area contributed by atoms with Gasteiger partial charge in [-0.25, -0.2) is 9.78 Å². The lowest BCUT2D eigenvalue weighted by atomic mass is 9.90. The number of benzene rings is 1. The molecule has 0 saturated carbocycles. The molecular formula is C20H15N3O5. The Morgan fingerprint density at radius 2 is 1.93 bits per heavy atom. The number of carbonyl (C=O) groups is 1. The van der Waals surface area contributed by atoms with Crippen LogP contribution in [0.4, 0.5) is 5.69 Å². The Morgan fingerprint density at radius 3 is 2.61 bits per heavy atom. The average molecular weight is 377 g/mol. The number of pyridine rings is 1. The van der Waals surface area contributed by atoms with Crippen molar-refractivity contribution in [2.45, 2.75) is 19.3 Å². The first-order valence-corrected chi connectivity index (χ1v) is 8.68. The number of non-ortho nitro benzene ring substituents is 1. The third-order valence-electron chi connectivity index (χ3n) is 4.78. The zero-order valence-electron chi connectivity index (χ0n) is 14.7. The Balaban J connectivity index is 1.83. The summed E-state index contributed by atoms with van der Waals surface area (Å²) in [6, 6.07) is 9.12. The van der Waals surface area contributed by atoms with Crippen LogP contribution in [0.3, 0.4) is 0 Å². The van der Waals surface area contributed by atoms with Gasteiger partial charge in [-0.05, 0) is 60.7 Å². The minimum absolute atomic E-state index is 0.0165. The summed E-state index contributed by atoms with van der Waals surface area (Å²) < 4.78 is 1.27. The van der Waals surface area contributed by atoms with Crippen LogP contribution in [-0.2, 0) is 6.42 Å². The molecule has 0 aliphatic heterocycles. The fourth-order valence-corrected chi connectivity index (χ4v) is 3.40. The lowest BCUT2D eigenvalue weighted by Gasteiger charge is -2.18. The van der Waals surface area contributed by atoms with Crippen LogP contribution in [0.5, 0.6) is 0 Å². The van der Waals surface area contributed by atoms with Gasteiger partial charge in [0, 0.05) is 23.9 Å². The van der Waals surface area contributed by atoms with E-state index in [-0.39, 0.29) is 16.8 Å². The number of allylic oxidation sites excluding steroid dienone is 1. The van der Waals surface area contributed by atoms with Crippen molar-refractivity contribution in [3.8, 4) is 0 Å². The highest BCUT2D eigenvalue weighted by Gasteiger charge is 2.21. The van der Waals surface area contributed by atoms with Crippen LogP contribution in [0.25, 0.3) is 17.3 Å². The summed E-state index contributed by atoms with van der Waals surface area (Å²) in [6.45, 7) is 0. The van der Waals surface area contributed by atoms with Crippen molar-refractivity contribution in [2.24, 2.45) is 0 Å². The molecule has 3 aromatic rings. The molecule has 1 N–H and O–H groups in total. The molecule has 1 aromatic carbocycles. The molecule has 0 unspecified atom stereocenters. The molecule has 1 aliphatic carbocycles. The number of hydrogen-bond donors (Lipinski definition) is 1. The van der Waals surface area contributed by atoms with Gasteiger partial charge in [0.15, 0.2) is 0 Å². The van der Waals surface area contributed by atoms with Gasteiger partial charge in [0.2, 0.25) is 0 Å². The largest absolute Gasteiger partial charge is 0.478 e. The molecule has 2 aromatic heterocycles. The van der Waals surface area contributed by atoms with Gasteiger partial charge < -0.3 is 5.11 Å². The summed E-state index contributed by atoms with van der Waals surface area (Å²) in [6.07, 6.45) is 5.25. The van der Waals surface area contributed by atoms with Gasteiger partial charge in [-0.2, -0.15) is 0 Å².